The van der Waals surface area contributed by atoms with Crippen LogP contribution in [0.2, 0.25) is 0 Å². The summed E-state index contributed by atoms with van der Waals surface area (Å²) >= 11 is 0. The molecule has 3 nitrogen and oxygen atoms in total. The van der Waals surface area contributed by atoms with Gasteiger partial charge in [-0.05, 0) is 55.4 Å². The summed E-state index contributed by atoms with van der Waals surface area (Å²) in [7, 11) is -9.47. The number of benzene rings is 9. The minimum atomic E-state index is -3.27. The molecule has 0 aliphatic carbocycles. The monoisotopic (exact) mass is 830 g/mol. The first-order chi connectivity index (χ1) is 29.3. The van der Waals surface area contributed by atoms with Crippen molar-refractivity contribution in [2.45, 2.75) is 0 Å². The highest BCUT2D eigenvalue weighted by Crippen LogP contribution is 2.48. The molecule has 0 aliphatic rings. The fraction of sp³-hybridized carbons (Fsp3) is 0. The molecule has 0 amide bonds. The van der Waals surface area contributed by atoms with E-state index in [4.69, 9.17) is 0 Å². The van der Waals surface area contributed by atoms with E-state index in [9.17, 15) is 9.13 Å². The minimum Gasteiger partial charge on any atom is -0.309 e. The van der Waals surface area contributed by atoms with E-state index < -0.39 is 21.4 Å². The second kappa shape index (κ2) is 16.0. The van der Waals surface area contributed by atoms with Gasteiger partial charge in [0.1, 0.15) is 0 Å². The van der Waals surface area contributed by atoms with Crippen molar-refractivity contribution in [1.29, 1.82) is 0 Å². The Morgan fingerprint density at radius 3 is 0.967 bits per heavy atom. The summed E-state index contributed by atoms with van der Waals surface area (Å²) < 4.78 is 44.6. The molecule has 0 N–H and O–H groups in total. The highest BCUT2D eigenvalue weighted by Gasteiger charge is 2.31. The lowest BCUT2D eigenvalue weighted by Crippen LogP contribution is -2.25. The summed E-state index contributed by atoms with van der Waals surface area (Å²) in [6, 6.07) is 69.0. The molecule has 9 aromatic rings. The lowest BCUT2D eigenvalue weighted by molar-refractivity contribution is 0.591. The summed E-state index contributed by atoms with van der Waals surface area (Å²) in [5.41, 5.74) is 3.85. The average Bonchev–Trinajstić information content (AvgIpc) is 3.33. The molecule has 290 valence electrons. The van der Waals surface area contributed by atoms with Gasteiger partial charge in [-0.1, -0.05) is 225 Å². The van der Waals surface area contributed by atoms with Gasteiger partial charge in [-0.3, -0.25) is 0 Å². The molecule has 0 aromatic heterocycles. The second-order valence-corrected chi connectivity index (χ2v) is 22.9. The normalized spacial score (nSPS) is 14.4. The van der Waals surface area contributed by atoms with Crippen LogP contribution in [0.25, 0.3) is 43.8 Å². The summed E-state index contributed by atoms with van der Waals surface area (Å²) in [6.45, 7) is 8.01. The third-order valence-electron chi connectivity index (χ3n) is 11.5. The molecule has 9 aromatic carbocycles. The zero-order valence-corrected chi connectivity index (χ0v) is 35.5. The lowest BCUT2D eigenvalue weighted by atomic mass is 10.1. The predicted octanol–water partition coefficient (Wildman–Crippen LogP) is 11.9. The molecule has 0 fully saturated rings. The molecule has 0 heterocycles. The van der Waals surface area contributed by atoms with Crippen LogP contribution in [0.5, 0.6) is 0 Å². The molecular formula is C54H41O3P3. The molecule has 60 heavy (non-hydrogen) atoms. The molecule has 0 saturated carbocycles. The van der Waals surface area contributed by atoms with Crippen molar-refractivity contribution in [3.8, 4) is 22.3 Å². The third-order valence-corrected chi connectivity index (χ3v) is 20.0. The summed E-state index contributed by atoms with van der Waals surface area (Å²) in [6.07, 6.45) is 0. The fourth-order valence-corrected chi connectivity index (χ4v) is 15.2. The molecule has 0 saturated heterocycles. The van der Waals surface area contributed by atoms with Crippen molar-refractivity contribution in [2.75, 3.05) is 0 Å². The van der Waals surface area contributed by atoms with Gasteiger partial charge in [-0.2, -0.15) is 0 Å². The lowest BCUT2D eigenvalue weighted by Gasteiger charge is -2.21. The van der Waals surface area contributed by atoms with Gasteiger partial charge in [0.25, 0.3) is 0 Å². The van der Waals surface area contributed by atoms with E-state index in [-0.39, 0.29) is 0 Å². The zero-order chi connectivity index (χ0) is 41.3. The van der Waals surface area contributed by atoms with E-state index in [0.717, 1.165) is 80.9 Å². The summed E-state index contributed by atoms with van der Waals surface area (Å²) in [5.74, 6) is 3.19. The Bertz CT molecular complexity index is 2980. The Morgan fingerprint density at radius 1 is 0.300 bits per heavy atom. The maximum absolute atomic E-state index is 15.5. The third kappa shape index (κ3) is 6.80. The number of hydrogen-bond acceptors (Lipinski definition) is 3. The Labute approximate surface area is 351 Å². The summed E-state index contributed by atoms with van der Waals surface area (Å²) in [5, 5.41) is 9.22. The Kier molecular flexibility index (Phi) is 10.5. The van der Waals surface area contributed by atoms with Gasteiger partial charge in [-0.25, -0.2) is 0 Å². The van der Waals surface area contributed by atoms with Crippen LogP contribution < -0.4 is 37.1 Å². The van der Waals surface area contributed by atoms with E-state index in [1.165, 1.54) is 0 Å². The van der Waals surface area contributed by atoms with Crippen molar-refractivity contribution in [3.05, 3.63) is 237 Å². The van der Waals surface area contributed by atoms with Crippen LogP contribution in [0, 0.1) is 0 Å². The molecule has 0 spiro atoms. The first-order valence-electron chi connectivity index (χ1n) is 19.8. The quantitative estimate of drug-likeness (QED) is 0.122. The maximum atomic E-state index is 15.5. The molecule has 2 unspecified atom stereocenters. The number of rotatable bonds is 11. The van der Waals surface area contributed by atoms with Crippen LogP contribution in [-0.4, -0.2) is 0 Å². The fourth-order valence-electron chi connectivity index (χ4n) is 8.25. The SMILES string of the molecule is C=CP(=O)(c1ccc(-c2ccc(P(=O)(c3ccccc3)c3ccc(-c4ccc(P(=O)(C=C)c5cccc6ccccc56)cc4)cc3)cc2)cc1)c1cccc2ccccc12. The van der Waals surface area contributed by atoms with E-state index in [1.807, 2.05) is 212 Å². The van der Waals surface area contributed by atoms with Crippen molar-refractivity contribution >= 4 is 80.1 Å². The smallest absolute Gasteiger partial charge is 0.171 e. The predicted molar refractivity (Wildman–Crippen MR) is 259 cm³/mol. The standard InChI is InChI=1S/C54H41O3P3/c1-3-58(55,53-22-12-16-44-14-8-10-20-51(44)53)46-32-24-40(25-33-46)42-28-36-49(37-29-42)60(57,48-18-6-5-7-19-48)50-38-30-43(31-39-50)41-26-34-47(35-27-41)59(56,4-2)54-23-13-17-45-15-9-11-21-52(45)54/h3-39H,1-2H2. The van der Waals surface area contributed by atoms with Crippen LogP contribution in [0.1, 0.15) is 0 Å². The van der Waals surface area contributed by atoms with Gasteiger partial charge in [0.15, 0.2) is 21.4 Å². The maximum Gasteiger partial charge on any atom is 0.171 e. The Hall–Kier alpha value is -6.33. The largest absolute Gasteiger partial charge is 0.309 e. The molecular weight excluding hydrogens is 790 g/mol. The van der Waals surface area contributed by atoms with Gasteiger partial charge < -0.3 is 13.7 Å². The van der Waals surface area contributed by atoms with Gasteiger partial charge in [-0.15, -0.1) is 0 Å². The topological polar surface area (TPSA) is 51.2 Å². The first kappa shape index (κ1) is 39.1. The molecule has 2 atom stereocenters. The molecule has 0 radical (unpaired) electrons. The average molecular weight is 831 g/mol. The van der Waals surface area contributed by atoms with E-state index in [2.05, 4.69) is 13.2 Å². The van der Waals surface area contributed by atoms with Crippen LogP contribution in [-0.2, 0) is 13.7 Å². The van der Waals surface area contributed by atoms with Gasteiger partial charge >= 0.3 is 0 Å². The highest BCUT2D eigenvalue weighted by atomic mass is 31.2. The highest BCUT2D eigenvalue weighted by molar-refractivity contribution is 7.85. The van der Waals surface area contributed by atoms with Gasteiger partial charge in [0, 0.05) is 37.1 Å². The number of fused-ring (bicyclic) bond motifs is 2. The second-order valence-electron chi connectivity index (χ2n) is 14.8. The molecule has 6 heteroatoms. The van der Waals surface area contributed by atoms with E-state index in [1.54, 1.807) is 11.6 Å². The van der Waals surface area contributed by atoms with Gasteiger partial charge in [0.2, 0.25) is 0 Å². The van der Waals surface area contributed by atoms with Gasteiger partial charge in [0.05, 0.1) is 0 Å². The van der Waals surface area contributed by atoms with E-state index in [0.29, 0.717) is 0 Å². The van der Waals surface area contributed by atoms with Crippen LogP contribution >= 0.6 is 21.4 Å². The van der Waals surface area contributed by atoms with Crippen LogP contribution in [0.4, 0.5) is 0 Å². The first-order valence-corrected chi connectivity index (χ1v) is 25.0. The minimum absolute atomic E-state index is 0.722. The van der Waals surface area contributed by atoms with Crippen molar-refractivity contribution in [1.82, 2.24) is 0 Å². The van der Waals surface area contributed by atoms with Crippen molar-refractivity contribution in [3.63, 3.8) is 0 Å². The van der Waals surface area contributed by atoms with Crippen molar-refractivity contribution < 1.29 is 13.7 Å². The Morgan fingerprint density at radius 2 is 0.600 bits per heavy atom. The van der Waals surface area contributed by atoms with Crippen LogP contribution in [0.15, 0.2) is 237 Å². The molecule has 9 rings (SSSR count). The molecule has 0 bridgehead atoms. The number of hydrogen-bond donors (Lipinski definition) is 0. The molecule has 0 aliphatic heterocycles. The Balaban J connectivity index is 1.00. The summed E-state index contributed by atoms with van der Waals surface area (Å²) in [4.78, 5) is 0. The van der Waals surface area contributed by atoms with E-state index >= 15 is 4.57 Å². The van der Waals surface area contributed by atoms with Crippen LogP contribution in [0.3, 0.4) is 0 Å². The zero-order valence-electron chi connectivity index (χ0n) is 32.8. The van der Waals surface area contributed by atoms with Crippen molar-refractivity contribution in [2.24, 2.45) is 0 Å².